The number of para-hydroxylation sites is 1. The highest BCUT2D eigenvalue weighted by Gasteiger charge is 2.37. The van der Waals surface area contributed by atoms with E-state index in [0.29, 0.717) is 69.7 Å². The summed E-state index contributed by atoms with van der Waals surface area (Å²) in [5.41, 5.74) is 1.61. The first-order valence-electron chi connectivity index (χ1n) is 15.2. The van der Waals surface area contributed by atoms with Gasteiger partial charge in [0.15, 0.2) is 11.6 Å². The summed E-state index contributed by atoms with van der Waals surface area (Å²) >= 11 is 0. The van der Waals surface area contributed by atoms with Gasteiger partial charge >= 0.3 is 6.03 Å². The van der Waals surface area contributed by atoms with Crippen molar-refractivity contribution in [2.24, 2.45) is 0 Å². The zero-order chi connectivity index (χ0) is 31.9. The monoisotopic (exact) mass is 625 g/mol. The lowest BCUT2D eigenvalue weighted by Gasteiger charge is -2.33. The maximum absolute atomic E-state index is 14.9. The number of carbonyl (C=O) groups is 2. The average Bonchev–Trinajstić information content (AvgIpc) is 3.57. The molecule has 11 nitrogen and oxygen atoms in total. The summed E-state index contributed by atoms with van der Waals surface area (Å²) in [4.78, 5) is 31.3. The molecule has 2 fully saturated rings. The smallest absolute Gasteiger partial charge is 0.320 e. The molecular weight excluding hydrogens is 584 g/mol. The molecule has 3 aromatic rings. The van der Waals surface area contributed by atoms with Crippen LogP contribution in [0.3, 0.4) is 0 Å². The maximum atomic E-state index is 14.9. The van der Waals surface area contributed by atoms with Gasteiger partial charge in [0.25, 0.3) is 0 Å². The minimum atomic E-state index is -0.917. The summed E-state index contributed by atoms with van der Waals surface area (Å²) in [5, 5.41) is 10.6. The van der Waals surface area contributed by atoms with E-state index >= 15 is 0 Å². The number of amides is 3. The highest BCUT2D eigenvalue weighted by molar-refractivity contribution is 5.90. The molecular formula is C32H41F2N7O4. The van der Waals surface area contributed by atoms with E-state index in [1.165, 1.54) is 6.07 Å². The predicted octanol–water partition coefficient (Wildman–Crippen LogP) is 3.24. The lowest BCUT2D eigenvalue weighted by Crippen LogP contribution is -2.48. The van der Waals surface area contributed by atoms with Crippen LogP contribution >= 0.6 is 0 Å². The molecule has 2 saturated heterocycles. The van der Waals surface area contributed by atoms with Crippen LogP contribution in [0.5, 0.6) is 5.88 Å². The minimum Gasteiger partial charge on any atom is -0.475 e. The van der Waals surface area contributed by atoms with Crippen molar-refractivity contribution in [2.75, 3.05) is 78.0 Å². The first-order chi connectivity index (χ1) is 21.7. The molecule has 2 N–H and O–H groups in total. The number of ether oxygens (including phenoxy) is 2. The van der Waals surface area contributed by atoms with E-state index in [1.54, 1.807) is 24.8 Å². The van der Waals surface area contributed by atoms with Crippen LogP contribution in [-0.2, 0) is 9.53 Å². The average molecular weight is 626 g/mol. The second-order valence-electron chi connectivity index (χ2n) is 11.4. The van der Waals surface area contributed by atoms with Gasteiger partial charge in [0.1, 0.15) is 12.4 Å². The Bertz CT molecular complexity index is 1460. The normalized spacial score (nSPS) is 19.1. The Balaban J connectivity index is 1.30. The Hall–Kier alpha value is -4.07. The number of rotatable bonds is 11. The number of anilines is 1. The van der Waals surface area contributed by atoms with Crippen molar-refractivity contribution >= 4 is 17.8 Å². The summed E-state index contributed by atoms with van der Waals surface area (Å²) in [6.07, 6.45) is 0. The lowest BCUT2D eigenvalue weighted by molar-refractivity contribution is -0.130. The maximum Gasteiger partial charge on any atom is 0.320 e. The molecule has 242 valence electrons. The van der Waals surface area contributed by atoms with Crippen molar-refractivity contribution < 1.29 is 27.8 Å². The van der Waals surface area contributed by atoms with Crippen LogP contribution in [0, 0.1) is 18.6 Å². The third kappa shape index (κ3) is 7.78. The highest BCUT2D eigenvalue weighted by Crippen LogP contribution is 2.32. The van der Waals surface area contributed by atoms with Crippen LogP contribution in [0.2, 0.25) is 0 Å². The fourth-order valence-corrected chi connectivity index (χ4v) is 5.94. The van der Waals surface area contributed by atoms with Gasteiger partial charge in [-0.1, -0.05) is 30.3 Å². The Morgan fingerprint density at radius 3 is 2.40 bits per heavy atom. The first kappa shape index (κ1) is 32.3. The summed E-state index contributed by atoms with van der Waals surface area (Å²) in [7, 11) is 1.61. The van der Waals surface area contributed by atoms with Gasteiger partial charge in [-0.2, -0.15) is 0 Å². The Kier molecular flexibility index (Phi) is 10.6. The van der Waals surface area contributed by atoms with Gasteiger partial charge in [-0.25, -0.2) is 18.3 Å². The Labute approximate surface area is 262 Å². The van der Waals surface area contributed by atoms with Gasteiger partial charge in [-0.3, -0.25) is 19.9 Å². The van der Waals surface area contributed by atoms with E-state index in [4.69, 9.17) is 9.47 Å². The summed E-state index contributed by atoms with van der Waals surface area (Å²) in [5.74, 6) is -1.36. The summed E-state index contributed by atoms with van der Waals surface area (Å²) in [6.45, 7) is 9.37. The fraction of sp³-hybridized carbons (Fsp3) is 0.469. The fourth-order valence-electron chi connectivity index (χ4n) is 5.94. The minimum absolute atomic E-state index is 0.0880. The van der Waals surface area contributed by atoms with Gasteiger partial charge in [-0.15, -0.1) is 5.10 Å². The number of hydrogen-bond acceptors (Lipinski definition) is 7. The molecule has 0 aliphatic carbocycles. The van der Waals surface area contributed by atoms with E-state index in [9.17, 15) is 18.4 Å². The van der Waals surface area contributed by atoms with Gasteiger partial charge < -0.3 is 19.7 Å². The SMILES string of the molecule is COCCN1C[C@@H](NC(=O)Nc2c(C)c(OCCN3CCN(C(C)=O)CC3)nn2-c2ccccc2)[C@H](c2cccc(F)c2F)C1. The molecule has 0 spiro atoms. The molecule has 3 heterocycles. The van der Waals surface area contributed by atoms with Crippen molar-refractivity contribution in [3.63, 3.8) is 0 Å². The molecule has 2 aromatic carbocycles. The number of aromatic nitrogens is 2. The van der Waals surface area contributed by atoms with Crippen molar-refractivity contribution in [1.82, 2.24) is 29.8 Å². The third-order valence-electron chi connectivity index (χ3n) is 8.48. The van der Waals surface area contributed by atoms with Crippen molar-refractivity contribution in [2.45, 2.75) is 25.8 Å². The van der Waals surface area contributed by atoms with Crippen LogP contribution < -0.4 is 15.4 Å². The van der Waals surface area contributed by atoms with E-state index < -0.39 is 29.6 Å². The third-order valence-corrected chi connectivity index (χ3v) is 8.48. The van der Waals surface area contributed by atoms with Crippen LogP contribution in [0.1, 0.15) is 24.0 Å². The van der Waals surface area contributed by atoms with Gasteiger partial charge in [-0.05, 0) is 30.7 Å². The molecule has 0 bridgehead atoms. The molecule has 2 atom stereocenters. The van der Waals surface area contributed by atoms with E-state index in [2.05, 4.69) is 25.5 Å². The van der Waals surface area contributed by atoms with E-state index in [-0.39, 0.29) is 11.5 Å². The first-order valence-corrected chi connectivity index (χ1v) is 15.2. The van der Waals surface area contributed by atoms with E-state index in [1.807, 2.05) is 42.2 Å². The van der Waals surface area contributed by atoms with Crippen LogP contribution in [-0.4, -0.2) is 115 Å². The molecule has 0 saturated carbocycles. The molecule has 5 rings (SSSR count). The van der Waals surface area contributed by atoms with Crippen LogP contribution in [0.4, 0.5) is 19.4 Å². The second kappa shape index (κ2) is 14.8. The number of methoxy groups -OCH3 is 1. The van der Waals surface area contributed by atoms with Crippen molar-refractivity contribution in [3.8, 4) is 11.6 Å². The molecule has 2 aliphatic rings. The Morgan fingerprint density at radius 2 is 1.69 bits per heavy atom. The number of nitrogens with zero attached hydrogens (tertiary/aromatic N) is 5. The van der Waals surface area contributed by atoms with Crippen molar-refractivity contribution in [1.29, 1.82) is 0 Å². The number of nitrogens with one attached hydrogen (secondary N) is 2. The molecule has 0 radical (unpaired) electrons. The Morgan fingerprint density at radius 1 is 0.956 bits per heavy atom. The number of urea groups is 1. The van der Waals surface area contributed by atoms with Gasteiger partial charge in [0, 0.05) is 72.3 Å². The number of carbonyl (C=O) groups excluding carboxylic acids is 2. The van der Waals surface area contributed by atoms with Gasteiger partial charge in [0.2, 0.25) is 11.8 Å². The molecule has 0 unspecified atom stereocenters. The lowest BCUT2D eigenvalue weighted by atomic mass is 9.93. The predicted molar refractivity (Wildman–Crippen MR) is 166 cm³/mol. The molecule has 45 heavy (non-hydrogen) atoms. The topological polar surface area (TPSA) is 104 Å². The largest absolute Gasteiger partial charge is 0.475 e. The van der Waals surface area contributed by atoms with Crippen LogP contribution in [0.25, 0.3) is 5.69 Å². The molecule has 13 heteroatoms. The zero-order valence-corrected chi connectivity index (χ0v) is 26.0. The number of likely N-dealkylation sites (tertiary alicyclic amines) is 1. The number of hydrogen-bond donors (Lipinski definition) is 2. The quantitative estimate of drug-likeness (QED) is 0.337. The molecule has 1 aromatic heterocycles. The van der Waals surface area contributed by atoms with Gasteiger partial charge in [0.05, 0.1) is 23.9 Å². The van der Waals surface area contributed by atoms with Crippen molar-refractivity contribution in [3.05, 3.63) is 71.3 Å². The highest BCUT2D eigenvalue weighted by atomic mass is 19.2. The molecule has 3 amide bonds. The number of piperazine rings is 1. The summed E-state index contributed by atoms with van der Waals surface area (Å²) in [6, 6.07) is 12.6. The standard InChI is InChI=1S/C32H41F2N7O4/c1-22-30(36-32(43)35-28-21-39(16-18-44-3)20-26(28)25-10-7-11-27(33)29(25)34)41(24-8-5-4-6-9-24)37-31(22)45-19-17-38-12-14-40(15-13-38)23(2)42/h4-11,26,28H,12-21H2,1-3H3,(H2,35,36,43)/t26-,28+/m0/s1. The summed E-state index contributed by atoms with van der Waals surface area (Å²) < 4.78 is 42.0. The number of benzene rings is 2. The number of halogens is 2. The second-order valence-corrected chi connectivity index (χ2v) is 11.4. The van der Waals surface area contributed by atoms with E-state index in [0.717, 1.165) is 24.8 Å². The zero-order valence-electron chi connectivity index (χ0n) is 26.0. The molecule has 2 aliphatic heterocycles. The van der Waals surface area contributed by atoms with Crippen LogP contribution in [0.15, 0.2) is 48.5 Å².